The first-order valence-electron chi connectivity index (χ1n) is 11.4. The van der Waals surface area contributed by atoms with Crippen LogP contribution < -0.4 is 16.4 Å². The largest absolute Gasteiger partial charge is 0.350 e. The van der Waals surface area contributed by atoms with Crippen molar-refractivity contribution in [3.63, 3.8) is 0 Å². The van der Waals surface area contributed by atoms with E-state index < -0.39 is 6.04 Å². The Morgan fingerprint density at radius 2 is 1.79 bits per heavy atom. The van der Waals surface area contributed by atoms with Crippen molar-refractivity contribution < 1.29 is 9.59 Å². The van der Waals surface area contributed by atoms with E-state index >= 15 is 0 Å². The van der Waals surface area contributed by atoms with Crippen LogP contribution in [-0.4, -0.2) is 48.4 Å². The summed E-state index contributed by atoms with van der Waals surface area (Å²) >= 11 is 12.3. The highest BCUT2D eigenvalue weighted by molar-refractivity contribution is 6.34. The van der Waals surface area contributed by atoms with Gasteiger partial charge in [-0.3, -0.25) is 9.59 Å². The summed E-state index contributed by atoms with van der Waals surface area (Å²) in [5.41, 5.74) is 7.27. The quantitative estimate of drug-likeness (QED) is 0.459. The molecule has 178 valence electrons. The first-order valence-corrected chi connectivity index (χ1v) is 12.2. The van der Waals surface area contributed by atoms with E-state index in [2.05, 4.69) is 10.6 Å². The van der Waals surface area contributed by atoms with Gasteiger partial charge in [-0.2, -0.15) is 0 Å². The van der Waals surface area contributed by atoms with Gasteiger partial charge in [-0.1, -0.05) is 53.5 Å². The lowest BCUT2D eigenvalue weighted by molar-refractivity contribution is -0.133. The highest BCUT2D eigenvalue weighted by Crippen LogP contribution is 2.22. The maximum absolute atomic E-state index is 13.2. The van der Waals surface area contributed by atoms with Gasteiger partial charge < -0.3 is 21.3 Å². The molecule has 0 spiro atoms. The van der Waals surface area contributed by atoms with Gasteiger partial charge in [-0.15, -0.1) is 0 Å². The number of nitrogens with two attached hydrogens (primary N) is 1. The number of halogens is 2. The van der Waals surface area contributed by atoms with Gasteiger partial charge in [0.15, 0.2) is 0 Å². The molecule has 4 N–H and O–H groups in total. The molecule has 1 heterocycles. The molecule has 2 unspecified atom stereocenters. The van der Waals surface area contributed by atoms with Gasteiger partial charge in [0.1, 0.15) is 0 Å². The van der Waals surface area contributed by atoms with Gasteiger partial charge >= 0.3 is 0 Å². The Labute approximate surface area is 209 Å². The van der Waals surface area contributed by atoms with Crippen molar-refractivity contribution in [2.75, 3.05) is 19.6 Å². The zero-order valence-corrected chi connectivity index (χ0v) is 20.3. The topological polar surface area (TPSA) is 87.5 Å². The minimum absolute atomic E-state index is 0.00935. The third kappa shape index (κ3) is 6.07. The van der Waals surface area contributed by atoms with Crippen molar-refractivity contribution in [2.24, 2.45) is 5.73 Å². The second-order valence-corrected chi connectivity index (χ2v) is 9.46. The van der Waals surface area contributed by atoms with E-state index in [0.29, 0.717) is 54.6 Å². The van der Waals surface area contributed by atoms with Gasteiger partial charge in [0.25, 0.3) is 5.91 Å². The van der Waals surface area contributed by atoms with E-state index in [9.17, 15) is 9.59 Å². The maximum Gasteiger partial charge on any atom is 0.251 e. The van der Waals surface area contributed by atoms with Crippen LogP contribution in [0.1, 0.15) is 28.8 Å². The summed E-state index contributed by atoms with van der Waals surface area (Å²) < 4.78 is 0. The number of fused-ring (bicyclic) bond motifs is 1. The van der Waals surface area contributed by atoms with Gasteiger partial charge in [0.05, 0.1) is 6.04 Å². The molecule has 0 aromatic heterocycles. The van der Waals surface area contributed by atoms with Crippen molar-refractivity contribution in [1.82, 2.24) is 15.5 Å². The lowest BCUT2D eigenvalue weighted by Gasteiger charge is -2.24. The van der Waals surface area contributed by atoms with Gasteiger partial charge in [0, 0.05) is 41.3 Å². The second-order valence-electron chi connectivity index (χ2n) is 8.59. The highest BCUT2D eigenvalue weighted by atomic mass is 35.5. The van der Waals surface area contributed by atoms with Crippen LogP contribution in [0.3, 0.4) is 0 Å². The Kier molecular flexibility index (Phi) is 8.06. The van der Waals surface area contributed by atoms with E-state index in [1.807, 2.05) is 54.6 Å². The first kappa shape index (κ1) is 24.5. The fourth-order valence-electron chi connectivity index (χ4n) is 4.34. The van der Waals surface area contributed by atoms with E-state index in [4.69, 9.17) is 28.9 Å². The number of hydrogen-bond acceptors (Lipinski definition) is 4. The van der Waals surface area contributed by atoms with E-state index in [1.54, 1.807) is 11.0 Å². The molecule has 0 radical (unpaired) electrons. The van der Waals surface area contributed by atoms with Crippen LogP contribution in [-0.2, 0) is 11.3 Å². The normalized spacial score (nSPS) is 18.7. The summed E-state index contributed by atoms with van der Waals surface area (Å²) in [7, 11) is 0. The van der Waals surface area contributed by atoms with Gasteiger partial charge in [-0.25, -0.2) is 0 Å². The van der Waals surface area contributed by atoms with Crippen molar-refractivity contribution in [2.45, 2.75) is 31.5 Å². The van der Waals surface area contributed by atoms with Crippen LogP contribution in [0.25, 0.3) is 10.8 Å². The molecule has 2 amide bonds. The summed E-state index contributed by atoms with van der Waals surface area (Å²) in [6, 6.07) is 18.4. The lowest BCUT2D eigenvalue weighted by Crippen LogP contribution is -2.49. The summed E-state index contributed by atoms with van der Waals surface area (Å²) in [6.45, 7) is 1.76. The van der Waals surface area contributed by atoms with Crippen molar-refractivity contribution in [3.8, 4) is 0 Å². The molecule has 4 rings (SSSR count). The van der Waals surface area contributed by atoms with Crippen LogP contribution in [0.5, 0.6) is 0 Å². The maximum atomic E-state index is 13.2. The smallest absolute Gasteiger partial charge is 0.251 e. The molecule has 2 atom stereocenters. The van der Waals surface area contributed by atoms with Crippen LogP contribution in [0, 0.1) is 0 Å². The number of carbonyl (C=O) groups excluding carboxylic acids is 2. The molecular weight excluding hydrogens is 471 g/mol. The number of amides is 2. The summed E-state index contributed by atoms with van der Waals surface area (Å²) in [5, 5.41) is 9.61. The van der Waals surface area contributed by atoms with E-state index in [-0.39, 0.29) is 17.9 Å². The molecule has 3 aromatic carbocycles. The van der Waals surface area contributed by atoms with Crippen molar-refractivity contribution in [3.05, 3.63) is 81.8 Å². The molecule has 3 aromatic rings. The van der Waals surface area contributed by atoms with E-state index in [0.717, 1.165) is 16.3 Å². The zero-order valence-electron chi connectivity index (χ0n) is 18.8. The standard InChI is InChI=1S/C26H28Cl2N4O2/c27-21-11-17(12-22(28)14-21)16-32-10-8-23(31-24(7-9-29)26(32)34)15-30-25(33)20-6-5-18-3-1-2-4-19(18)13-20/h1-6,11-14,23-24,31H,7-10,15-16,29H2,(H,30,33). The predicted molar refractivity (Wildman–Crippen MR) is 137 cm³/mol. The molecule has 0 bridgehead atoms. The molecule has 1 fully saturated rings. The summed E-state index contributed by atoms with van der Waals surface area (Å²) in [4.78, 5) is 27.8. The molecule has 1 aliphatic heterocycles. The number of nitrogens with one attached hydrogen (secondary N) is 2. The van der Waals surface area contributed by atoms with E-state index in [1.165, 1.54) is 0 Å². The summed E-state index contributed by atoms with van der Waals surface area (Å²) in [5.74, 6) is -0.145. The fourth-order valence-corrected chi connectivity index (χ4v) is 4.92. The minimum Gasteiger partial charge on any atom is -0.350 e. The second kappa shape index (κ2) is 11.2. The average Bonchev–Trinajstić information content (AvgIpc) is 2.96. The number of carbonyl (C=O) groups is 2. The number of rotatable bonds is 7. The van der Waals surface area contributed by atoms with Crippen molar-refractivity contribution in [1.29, 1.82) is 0 Å². The van der Waals surface area contributed by atoms with Crippen molar-refractivity contribution >= 4 is 45.8 Å². The molecule has 34 heavy (non-hydrogen) atoms. The SMILES string of the molecule is NCCC1NC(CNC(=O)c2ccc3ccccc3c2)CCN(Cc2cc(Cl)cc(Cl)c2)C1=O. The Hall–Kier alpha value is -2.64. The summed E-state index contributed by atoms with van der Waals surface area (Å²) in [6.07, 6.45) is 1.21. The molecule has 1 aliphatic rings. The number of nitrogens with zero attached hydrogens (tertiary/aromatic N) is 1. The van der Waals surface area contributed by atoms with Crippen LogP contribution in [0.15, 0.2) is 60.7 Å². The van der Waals surface area contributed by atoms with Crippen LogP contribution in [0.2, 0.25) is 10.0 Å². The first-order chi connectivity index (χ1) is 16.4. The molecular formula is C26H28Cl2N4O2. The highest BCUT2D eigenvalue weighted by Gasteiger charge is 2.30. The molecule has 0 aliphatic carbocycles. The molecule has 6 nitrogen and oxygen atoms in total. The van der Waals surface area contributed by atoms with Gasteiger partial charge in [-0.05, 0) is 66.1 Å². The number of benzene rings is 3. The van der Waals surface area contributed by atoms with Crippen LogP contribution in [0.4, 0.5) is 0 Å². The Bertz CT molecular complexity index is 1170. The Balaban J connectivity index is 1.42. The third-order valence-corrected chi connectivity index (χ3v) is 6.50. The molecule has 8 heteroatoms. The Morgan fingerprint density at radius 1 is 1.06 bits per heavy atom. The predicted octanol–water partition coefficient (Wildman–Crippen LogP) is 3.98. The minimum atomic E-state index is -0.412. The zero-order chi connectivity index (χ0) is 24.1. The monoisotopic (exact) mass is 498 g/mol. The molecule has 0 saturated carbocycles. The fraction of sp³-hybridized carbons (Fsp3) is 0.308. The van der Waals surface area contributed by atoms with Gasteiger partial charge in [0.2, 0.25) is 5.91 Å². The van der Waals surface area contributed by atoms with Crippen LogP contribution >= 0.6 is 23.2 Å². The third-order valence-electron chi connectivity index (χ3n) is 6.07. The average molecular weight is 499 g/mol. The molecule has 1 saturated heterocycles. The Morgan fingerprint density at radius 3 is 2.53 bits per heavy atom. The lowest BCUT2D eigenvalue weighted by atomic mass is 10.1. The number of hydrogen-bond donors (Lipinski definition) is 3.